The van der Waals surface area contributed by atoms with Gasteiger partial charge in [0.1, 0.15) is 0 Å². The molecular weight excluding hydrogens is 316 g/mol. The van der Waals surface area contributed by atoms with Crippen LogP contribution in [0.25, 0.3) is 0 Å². The zero-order valence-electron chi connectivity index (χ0n) is 11.7. The largest absolute Gasteiger partial charge is 0.380 e. The zero-order chi connectivity index (χ0) is 15.9. The van der Waals surface area contributed by atoms with Gasteiger partial charge in [-0.1, -0.05) is 11.6 Å². The third kappa shape index (κ3) is 6.01. The van der Waals surface area contributed by atoms with Gasteiger partial charge in [0.2, 0.25) is 5.91 Å². The first-order chi connectivity index (χ1) is 9.89. The molecule has 1 aromatic carbocycles. The van der Waals surface area contributed by atoms with E-state index in [2.05, 4.69) is 5.32 Å². The number of nitrogens with two attached hydrogens (primary N) is 1. The molecule has 0 saturated carbocycles. The molecule has 0 aliphatic heterocycles. The molecule has 1 rings (SSSR count). The lowest BCUT2D eigenvalue weighted by molar-refractivity contribution is -0.123. The van der Waals surface area contributed by atoms with Gasteiger partial charge in [-0.05, 0) is 24.3 Å². The van der Waals surface area contributed by atoms with Crippen LogP contribution in [0.1, 0.15) is 6.42 Å². The Morgan fingerprint density at radius 3 is 2.52 bits per heavy atom. The summed E-state index contributed by atoms with van der Waals surface area (Å²) in [4.78, 5) is 11.8. The van der Waals surface area contributed by atoms with Gasteiger partial charge in [0, 0.05) is 25.2 Å². The maximum absolute atomic E-state index is 12.0. The second-order valence-electron chi connectivity index (χ2n) is 4.42. The highest BCUT2D eigenvalue weighted by molar-refractivity contribution is 7.91. The van der Waals surface area contributed by atoms with Gasteiger partial charge in [-0.3, -0.25) is 4.79 Å². The molecule has 0 radical (unpaired) electrons. The Labute approximate surface area is 129 Å². The number of methoxy groups -OCH3 is 1. The van der Waals surface area contributed by atoms with E-state index in [1.165, 1.54) is 31.4 Å². The lowest BCUT2D eigenvalue weighted by atomic mass is 10.2. The molecular formula is C13H19ClN2O4S. The second kappa shape index (κ2) is 8.33. The quantitative estimate of drug-likeness (QED) is 0.725. The maximum atomic E-state index is 12.0. The fourth-order valence-electron chi connectivity index (χ4n) is 1.63. The molecule has 1 unspecified atom stereocenters. The number of halogens is 1. The third-order valence-corrected chi connectivity index (χ3v) is 4.86. The van der Waals surface area contributed by atoms with Crippen molar-refractivity contribution in [1.29, 1.82) is 0 Å². The minimum absolute atomic E-state index is 0.0325. The molecule has 6 nitrogen and oxygen atoms in total. The number of hydrogen-bond acceptors (Lipinski definition) is 5. The average Bonchev–Trinajstić information content (AvgIpc) is 2.45. The molecule has 118 valence electrons. The van der Waals surface area contributed by atoms with Crippen molar-refractivity contribution in [2.24, 2.45) is 5.73 Å². The molecule has 0 spiro atoms. The predicted octanol–water partition coefficient (Wildman–Crippen LogP) is 0.594. The van der Waals surface area contributed by atoms with Crippen molar-refractivity contribution in [3.63, 3.8) is 0 Å². The first-order valence-electron chi connectivity index (χ1n) is 6.37. The minimum atomic E-state index is -3.44. The molecule has 0 aromatic heterocycles. The monoisotopic (exact) mass is 334 g/mol. The zero-order valence-corrected chi connectivity index (χ0v) is 13.3. The molecule has 0 aliphatic rings. The van der Waals surface area contributed by atoms with Gasteiger partial charge in [0.15, 0.2) is 9.84 Å². The number of ether oxygens (including phenoxy) is 1. The van der Waals surface area contributed by atoms with Crippen LogP contribution in [0.5, 0.6) is 0 Å². The molecule has 0 saturated heterocycles. The van der Waals surface area contributed by atoms with E-state index in [0.717, 1.165) is 0 Å². The number of sulfone groups is 1. The SMILES string of the molecule is COC(CN)CC(=O)NCCS(=O)(=O)c1ccc(Cl)cc1. The van der Waals surface area contributed by atoms with Crippen molar-refractivity contribution in [1.82, 2.24) is 5.32 Å². The van der Waals surface area contributed by atoms with Crippen LogP contribution in [-0.4, -0.2) is 46.4 Å². The highest BCUT2D eigenvalue weighted by atomic mass is 35.5. The minimum Gasteiger partial charge on any atom is -0.380 e. The summed E-state index contributed by atoms with van der Waals surface area (Å²) in [5, 5.41) is 3.01. The number of benzene rings is 1. The second-order valence-corrected chi connectivity index (χ2v) is 6.97. The Bertz CT molecular complexity index is 556. The van der Waals surface area contributed by atoms with E-state index >= 15 is 0 Å². The van der Waals surface area contributed by atoms with E-state index < -0.39 is 9.84 Å². The Morgan fingerprint density at radius 1 is 1.38 bits per heavy atom. The van der Waals surface area contributed by atoms with Crippen LogP contribution in [0, 0.1) is 0 Å². The average molecular weight is 335 g/mol. The molecule has 0 heterocycles. The van der Waals surface area contributed by atoms with Crippen molar-refractivity contribution in [2.75, 3.05) is 26.0 Å². The lowest BCUT2D eigenvalue weighted by Gasteiger charge is -2.12. The summed E-state index contributed by atoms with van der Waals surface area (Å²) in [7, 11) is -1.97. The summed E-state index contributed by atoms with van der Waals surface area (Å²) in [6, 6.07) is 5.90. The van der Waals surface area contributed by atoms with Crippen LogP contribution >= 0.6 is 11.6 Å². The van der Waals surface area contributed by atoms with Crippen molar-refractivity contribution in [3.8, 4) is 0 Å². The van der Waals surface area contributed by atoms with Gasteiger partial charge in [0.05, 0.1) is 23.2 Å². The maximum Gasteiger partial charge on any atom is 0.222 e. The summed E-state index contributed by atoms with van der Waals surface area (Å²) in [6.07, 6.45) is -0.258. The summed E-state index contributed by atoms with van der Waals surface area (Å²) >= 11 is 5.71. The van der Waals surface area contributed by atoms with Crippen molar-refractivity contribution in [3.05, 3.63) is 29.3 Å². The number of hydrogen-bond donors (Lipinski definition) is 2. The summed E-state index contributed by atoms with van der Waals surface area (Å²) in [5.74, 6) is -0.473. The lowest BCUT2D eigenvalue weighted by Crippen LogP contribution is -2.34. The topological polar surface area (TPSA) is 98.5 Å². The van der Waals surface area contributed by atoms with E-state index in [4.69, 9.17) is 22.1 Å². The molecule has 1 aromatic rings. The van der Waals surface area contributed by atoms with Crippen LogP contribution < -0.4 is 11.1 Å². The highest BCUT2D eigenvalue weighted by Crippen LogP contribution is 2.15. The third-order valence-electron chi connectivity index (χ3n) is 2.88. The fraction of sp³-hybridized carbons (Fsp3) is 0.462. The standard InChI is InChI=1S/C13H19ClN2O4S/c1-20-11(9-15)8-13(17)16-6-7-21(18,19)12-4-2-10(14)3-5-12/h2-5,11H,6-9,15H2,1H3,(H,16,17). The number of carbonyl (C=O) groups is 1. The van der Waals surface area contributed by atoms with Crippen LogP contribution in [0.4, 0.5) is 0 Å². The number of amides is 1. The molecule has 1 amide bonds. The van der Waals surface area contributed by atoms with E-state index in [1.54, 1.807) is 0 Å². The molecule has 8 heteroatoms. The Balaban J connectivity index is 2.47. The van der Waals surface area contributed by atoms with Crippen molar-refractivity contribution in [2.45, 2.75) is 17.4 Å². The van der Waals surface area contributed by atoms with Crippen LogP contribution in [0.15, 0.2) is 29.2 Å². The van der Waals surface area contributed by atoms with Crippen molar-refractivity contribution < 1.29 is 17.9 Å². The molecule has 0 fully saturated rings. The first-order valence-corrected chi connectivity index (χ1v) is 8.40. The molecule has 1 atom stereocenters. The van der Waals surface area contributed by atoms with Crippen LogP contribution in [-0.2, 0) is 19.4 Å². The first kappa shape index (κ1) is 17.9. The van der Waals surface area contributed by atoms with E-state index in [0.29, 0.717) is 5.02 Å². The smallest absolute Gasteiger partial charge is 0.222 e. The summed E-state index contributed by atoms with van der Waals surface area (Å²) in [6.45, 7) is 0.262. The molecule has 21 heavy (non-hydrogen) atoms. The molecule has 0 bridgehead atoms. The number of carbonyl (C=O) groups excluding carboxylic acids is 1. The van der Waals surface area contributed by atoms with E-state index in [-0.39, 0.29) is 42.2 Å². The van der Waals surface area contributed by atoms with Crippen molar-refractivity contribution >= 4 is 27.3 Å². The Morgan fingerprint density at radius 2 is 2.00 bits per heavy atom. The fourth-order valence-corrected chi connectivity index (χ4v) is 2.91. The summed E-state index contributed by atoms with van der Waals surface area (Å²) in [5.41, 5.74) is 5.41. The Hall–Kier alpha value is -1.15. The normalized spacial score (nSPS) is 12.9. The van der Waals surface area contributed by atoms with Crippen LogP contribution in [0.3, 0.4) is 0 Å². The number of nitrogens with one attached hydrogen (secondary N) is 1. The molecule has 0 aliphatic carbocycles. The van der Waals surface area contributed by atoms with Gasteiger partial charge < -0.3 is 15.8 Å². The highest BCUT2D eigenvalue weighted by Gasteiger charge is 2.16. The van der Waals surface area contributed by atoms with E-state index in [9.17, 15) is 13.2 Å². The van der Waals surface area contributed by atoms with Gasteiger partial charge in [-0.25, -0.2) is 8.42 Å². The van der Waals surface area contributed by atoms with Gasteiger partial charge >= 0.3 is 0 Å². The van der Waals surface area contributed by atoms with Gasteiger partial charge in [-0.2, -0.15) is 0 Å². The van der Waals surface area contributed by atoms with Gasteiger partial charge in [-0.15, -0.1) is 0 Å². The van der Waals surface area contributed by atoms with E-state index in [1.807, 2.05) is 0 Å². The Kier molecular flexibility index (Phi) is 7.10. The molecule has 3 N–H and O–H groups in total. The van der Waals surface area contributed by atoms with Gasteiger partial charge in [0.25, 0.3) is 0 Å². The van der Waals surface area contributed by atoms with Crippen LogP contribution in [0.2, 0.25) is 5.02 Å². The summed E-state index contributed by atoms with van der Waals surface area (Å²) < 4.78 is 29.0. The number of rotatable bonds is 8. The predicted molar refractivity (Wildman–Crippen MR) is 81.0 cm³/mol.